The Balaban J connectivity index is 1.79. The second-order valence-corrected chi connectivity index (χ2v) is 6.30. The third-order valence-electron chi connectivity index (χ3n) is 4.38. The molecule has 1 aliphatic carbocycles. The molecule has 19 heavy (non-hydrogen) atoms. The van der Waals surface area contributed by atoms with Gasteiger partial charge in [-0.2, -0.15) is 0 Å². The maximum atomic E-state index is 3.64. The molecule has 0 saturated heterocycles. The lowest BCUT2D eigenvalue weighted by atomic mass is 10.0. The number of benzene rings is 1. The summed E-state index contributed by atoms with van der Waals surface area (Å²) in [4.78, 5) is 2.46. The summed E-state index contributed by atoms with van der Waals surface area (Å²) in [5, 5.41) is 3.64. The molecule has 1 saturated carbocycles. The van der Waals surface area contributed by atoms with Crippen molar-refractivity contribution >= 4 is 0 Å². The average Bonchev–Trinajstić information content (AvgIpc) is 3.21. The van der Waals surface area contributed by atoms with E-state index in [0.717, 1.165) is 19.1 Å². The van der Waals surface area contributed by atoms with Crippen LogP contribution in [0.15, 0.2) is 24.3 Å². The molecular weight excluding hydrogens is 232 g/mol. The van der Waals surface area contributed by atoms with Crippen LogP contribution < -0.4 is 5.32 Å². The van der Waals surface area contributed by atoms with Gasteiger partial charge >= 0.3 is 0 Å². The van der Waals surface area contributed by atoms with E-state index in [1.54, 1.807) is 0 Å². The molecule has 2 heteroatoms. The minimum atomic E-state index is 0.604. The second-order valence-electron chi connectivity index (χ2n) is 6.30. The van der Waals surface area contributed by atoms with Crippen LogP contribution in [0.5, 0.6) is 0 Å². The highest BCUT2D eigenvalue weighted by Gasteiger charge is 2.23. The molecule has 1 aliphatic rings. The molecule has 1 aromatic rings. The van der Waals surface area contributed by atoms with Crippen molar-refractivity contribution in [1.82, 2.24) is 10.2 Å². The van der Waals surface area contributed by atoms with Crippen LogP contribution in [0.3, 0.4) is 0 Å². The van der Waals surface area contributed by atoms with Crippen LogP contribution in [-0.2, 0) is 6.54 Å². The molecule has 2 atom stereocenters. The fourth-order valence-corrected chi connectivity index (χ4v) is 2.37. The van der Waals surface area contributed by atoms with Gasteiger partial charge in [-0.1, -0.05) is 36.8 Å². The molecule has 0 amide bonds. The average molecular weight is 260 g/mol. The Hall–Kier alpha value is -0.860. The van der Waals surface area contributed by atoms with Gasteiger partial charge < -0.3 is 5.32 Å². The molecule has 1 fully saturated rings. The van der Waals surface area contributed by atoms with E-state index in [9.17, 15) is 0 Å². The van der Waals surface area contributed by atoms with E-state index < -0.39 is 0 Å². The van der Waals surface area contributed by atoms with Crippen molar-refractivity contribution in [3.8, 4) is 0 Å². The summed E-state index contributed by atoms with van der Waals surface area (Å²) < 4.78 is 0. The molecule has 0 bridgehead atoms. The Morgan fingerprint density at radius 1 is 1.21 bits per heavy atom. The van der Waals surface area contributed by atoms with Crippen molar-refractivity contribution in [3.63, 3.8) is 0 Å². The van der Waals surface area contributed by atoms with Crippen LogP contribution in [0.2, 0.25) is 0 Å². The minimum absolute atomic E-state index is 0.604. The molecule has 1 aromatic carbocycles. The lowest BCUT2D eigenvalue weighted by Gasteiger charge is -2.30. The highest BCUT2D eigenvalue weighted by molar-refractivity contribution is 5.21. The standard InChI is InChI=1S/C17H28N2/c1-13-5-7-16(8-6-13)12-19(4)15(3)14(2)11-18-17-9-10-17/h5-8,14-15,17-18H,9-12H2,1-4H3. The summed E-state index contributed by atoms with van der Waals surface area (Å²) >= 11 is 0. The number of nitrogens with one attached hydrogen (secondary N) is 1. The van der Waals surface area contributed by atoms with Gasteiger partial charge in [0.15, 0.2) is 0 Å². The van der Waals surface area contributed by atoms with Gasteiger partial charge in [0, 0.05) is 18.6 Å². The molecule has 0 spiro atoms. The number of nitrogens with zero attached hydrogens (tertiary/aromatic N) is 1. The van der Waals surface area contributed by atoms with Crippen LogP contribution >= 0.6 is 0 Å². The number of rotatable bonds is 7. The van der Waals surface area contributed by atoms with Gasteiger partial charge in [-0.05, 0) is 51.8 Å². The normalized spacial score (nSPS) is 18.6. The quantitative estimate of drug-likeness (QED) is 0.810. The smallest absolute Gasteiger partial charge is 0.0233 e. The predicted octanol–water partition coefficient (Wildman–Crippen LogP) is 3.20. The van der Waals surface area contributed by atoms with Crippen molar-refractivity contribution < 1.29 is 0 Å². The first kappa shape index (κ1) is 14.5. The van der Waals surface area contributed by atoms with E-state index in [2.05, 4.69) is 62.3 Å². The van der Waals surface area contributed by atoms with Crippen molar-refractivity contribution in [3.05, 3.63) is 35.4 Å². The SMILES string of the molecule is Cc1ccc(CN(C)C(C)C(C)CNC2CC2)cc1. The fourth-order valence-electron chi connectivity index (χ4n) is 2.37. The van der Waals surface area contributed by atoms with E-state index in [1.165, 1.54) is 24.0 Å². The van der Waals surface area contributed by atoms with Crippen LogP contribution in [0.1, 0.15) is 37.8 Å². The number of hydrogen-bond acceptors (Lipinski definition) is 2. The zero-order chi connectivity index (χ0) is 13.8. The van der Waals surface area contributed by atoms with E-state index in [1.807, 2.05) is 0 Å². The van der Waals surface area contributed by atoms with Crippen molar-refractivity contribution in [2.75, 3.05) is 13.6 Å². The predicted molar refractivity (Wildman–Crippen MR) is 82.3 cm³/mol. The first-order valence-corrected chi connectivity index (χ1v) is 7.55. The summed E-state index contributed by atoms with van der Waals surface area (Å²) in [5.41, 5.74) is 2.74. The van der Waals surface area contributed by atoms with Gasteiger partial charge in [0.2, 0.25) is 0 Å². The van der Waals surface area contributed by atoms with E-state index >= 15 is 0 Å². The fraction of sp³-hybridized carbons (Fsp3) is 0.647. The highest BCUT2D eigenvalue weighted by atomic mass is 15.1. The first-order valence-electron chi connectivity index (χ1n) is 7.55. The van der Waals surface area contributed by atoms with E-state index in [0.29, 0.717) is 12.0 Å². The van der Waals surface area contributed by atoms with Crippen LogP contribution in [-0.4, -0.2) is 30.6 Å². The molecule has 2 rings (SSSR count). The molecule has 106 valence electrons. The van der Waals surface area contributed by atoms with E-state index in [4.69, 9.17) is 0 Å². The second kappa shape index (κ2) is 6.53. The van der Waals surface area contributed by atoms with Gasteiger partial charge in [0.05, 0.1) is 0 Å². The molecule has 0 aliphatic heterocycles. The van der Waals surface area contributed by atoms with Crippen LogP contribution in [0, 0.1) is 12.8 Å². The molecular formula is C17H28N2. The van der Waals surface area contributed by atoms with Crippen molar-refractivity contribution in [1.29, 1.82) is 0 Å². The summed E-state index contributed by atoms with van der Waals surface area (Å²) in [6, 6.07) is 10.3. The molecule has 0 radical (unpaired) electrons. The zero-order valence-electron chi connectivity index (χ0n) is 12.8. The van der Waals surface area contributed by atoms with Gasteiger partial charge in [0.25, 0.3) is 0 Å². The van der Waals surface area contributed by atoms with E-state index in [-0.39, 0.29) is 0 Å². The number of aryl methyl sites for hydroxylation is 1. The Bertz CT molecular complexity index is 381. The van der Waals surface area contributed by atoms with Crippen molar-refractivity contribution in [2.45, 2.75) is 52.2 Å². The number of hydrogen-bond donors (Lipinski definition) is 1. The van der Waals surface area contributed by atoms with Crippen molar-refractivity contribution in [2.24, 2.45) is 5.92 Å². The monoisotopic (exact) mass is 260 g/mol. The van der Waals surface area contributed by atoms with Gasteiger partial charge in [-0.25, -0.2) is 0 Å². The third kappa shape index (κ3) is 4.63. The Kier molecular flexibility index (Phi) is 5.00. The maximum Gasteiger partial charge on any atom is 0.0233 e. The van der Waals surface area contributed by atoms with Crippen LogP contribution in [0.4, 0.5) is 0 Å². The first-order chi connectivity index (χ1) is 9.06. The highest BCUT2D eigenvalue weighted by Crippen LogP contribution is 2.20. The molecule has 0 heterocycles. The topological polar surface area (TPSA) is 15.3 Å². The molecule has 1 N–H and O–H groups in total. The lowest BCUT2D eigenvalue weighted by molar-refractivity contribution is 0.188. The Morgan fingerprint density at radius 3 is 2.42 bits per heavy atom. The summed E-state index contributed by atoms with van der Waals surface area (Å²) in [5.74, 6) is 0.691. The third-order valence-corrected chi connectivity index (χ3v) is 4.38. The Labute approximate surface area is 118 Å². The molecule has 2 unspecified atom stereocenters. The molecule has 0 aromatic heterocycles. The maximum absolute atomic E-state index is 3.64. The van der Waals surface area contributed by atoms with Gasteiger partial charge in [-0.3, -0.25) is 4.90 Å². The minimum Gasteiger partial charge on any atom is -0.314 e. The summed E-state index contributed by atoms with van der Waals surface area (Å²) in [7, 11) is 2.23. The zero-order valence-corrected chi connectivity index (χ0v) is 12.8. The van der Waals surface area contributed by atoms with Gasteiger partial charge in [0.1, 0.15) is 0 Å². The Morgan fingerprint density at radius 2 is 1.84 bits per heavy atom. The summed E-state index contributed by atoms with van der Waals surface area (Å²) in [6.45, 7) is 9.01. The van der Waals surface area contributed by atoms with Gasteiger partial charge in [-0.15, -0.1) is 0 Å². The summed E-state index contributed by atoms with van der Waals surface area (Å²) in [6.07, 6.45) is 2.75. The largest absolute Gasteiger partial charge is 0.314 e. The molecule has 2 nitrogen and oxygen atoms in total. The lowest BCUT2D eigenvalue weighted by Crippen LogP contribution is -2.39. The van der Waals surface area contributed by atoms with Crippen LogP contribution in [0.25, 0.3) is 0 Å².